The van der Waals surface area contributed by atoms with Gasteiger partial charge in [-0.1, -0.05) is 19.1 Å². The minimum atomic E-state index is 0.0130. The predicted octanol–water partition coefficient (Wildman–Crippen LogP) is 2.94. The van der Waals surface area contributed by atoms with E-state index in [1.165, 1.54) is 25.7 Å². The second kappa shape index (κ2) is 9.62. The van der Waals surface area contributed by atoms with Crippen LogP contribution in [0.5, 0.6) is 5.75 Å². The first kappa shape index (κ1) is 19.5. The maximum atomic E-state index is 12.2. The fraction of sp³-hybridized carbons (Fsp3) is 0.619. The molecule has 2 N–H and O–H groups in total. The zero-order valence-electron chi connectivity index (χ0n) is 16.5. The molecule has 3 rings (SSSR count). The highest BCUT2D eigenvalue weighted by Gasteiger charge is 2.24. The lowest BCUT2D eigenvalue weighted by Crippen LogP contribution is -2.45. The average Bonchev–Trinajstić information content (AvgIpc) is 2.68. The second-order valence-electron chi connectivity index (χ2n) is 7.52. The van der Waals surface area contributed by atoms with E-state index in [2.05, 4.69) is 24.5 Å². The van der Waals surface area contributed by atoms with Crippen LogP contribution in [-0.4, -0.2) is 44.1 Å². The van der Waals surface area contributed by atoms with E-state index in [9.17, 15) is 4.79 Å². The van der Waals surface area contributed by atoms with Crippen LogP contribution in [-0.2, 0) is 4.79 Å². The summed E-state index contributed by atoms with van der Waals surface area (Å²) in [6.45, 7) is 6.73. The molecule has 1 saturated carbocycles. The van der Waals surface area contributed by atoms with Crippen LogP contribution in [0.4, 0.5) is 5.69 Å². The van der Waals surface area contributed by atoms with Crippen LogP contribution >= 0.6 is 0 Å². The van der Waals surface area contributed by atoms with Crippen molar-refractivity contribution in [2.45, 2.75) is 52.0 Å². The van der Waals surface area contributed by atoms with E-state index in [0.717, 1.165) is 36.3 Å². The van der Waals surface area contributed by atoms with E-state index in [-0.39, 0.29) is 12.5 Å². The molecule has 0 unspecified atom stereocenters. The third-order valence-corrected chi connectivity index (χ3v) is 5.32. The number of anilines is 1. The van der Waals surface area contributed by atoms with Crippen molar-refractivity contribution in [2.75, 3.05) is 31.1 Å². The molecule has 1 amide bonds. The van der Waals surface area contributed by atoms with Crippen molar-refractivity contribution in [1.82, 2.24) is 10.6 Å². The van der Waals surface area contributed by atoms with Crippen molar-refractivity contribution in [3.05, 3.63) is 24.3 Å². The molecule has 0 spiro atoms. The van der Waals surface area contributed by atoms with Crippen molar-refractivity contribution in [2.24, 2.45) is 10.9 Å². The van der Waals surface area contributed by atoms with E-state index in [4.69, 9.17) is 9.73 Å². The van der Waals surface area contributed by atoms with E-state index in [0.29, 0.717) is 19.1 Å². The van der Waals surface area contributed by atoms with Gasteiger partial charge in [0.25, 0.3) is 5.91 Å². The first-order valence-electron chi connectivity index (χ1n) is 10.2. The van der Waals surface area contributed by atoms with Gasteiger partial charge in [0.2, 0.25) is 0 Å². The van der Waals surface area contributed by atoms with Gasteiger partial charge in [-0.2, -0.15) is 0 Å². The number of hydrogen-bond donors (Lipinski definition) is 2. The lowest BCUT2D eigenvalue weighted by molar-refractivity contribution is -0.121. The molecule has 27 heavy (non-hydrogen) atoms. The van der Waals surface area contributed by atoms with Crippen LogP contribution in [0.2, 0.25) is 0 Å². The molecule has 0 radical (unpaired) electrons. The molecule has 148 valence electrons. The number of nitrogens with one attached hydrogen (secondary N) is 2. The summed E-state index contributed by atoms with van der Waals surface area (Å²) in [7, 11) is 0. The summed E-state index contributed by atoms with van der Waals surface area (Å²) in [6.07, 6.45) is 5.82. The molecule has 1 aliphatic heterocycles. The van der Waals surface area contributed by atoms with Crippen molar-refractivity contribution in [3.63, 3.8) is 0 Å². The Balaban J connectivity index is 1.51. The molecule has 1 aromatic rings. The summed E-state index contributed by atoms with van der Waals surface area (Å²) >= 11 is 0. The van der Waals surface area contributed by atoms with Crippen LogP contribution < -0.4 is 20.3 Å². The highest BCUT2D eigenvalue weighted by molar-refractivity contribution is 5.97. The minimum Gasteiger partial charge on any atom is -0.482 e. The molecule has 0 bridgehead atoms. The molecule has 6 heteroatoms. The summed E-state index contributed by atoms with van der Waals surface area (Å²) in [5.74, 6) is 2.53. The van der Waals surface area contributed by atoms with Gasteiger partial charge in [0.1, 0.15) is 5.75 Å². The number of hydrogen-bond acceptors (Lipinski definition) is 3. The number of carbonyl (C=O) groups excluding carboxylic acids is 1. The number of aliphatic imine (C=N–C) groups is 1. The third-order valence-electron chi connectivity index (χ3n) is 5.32. The Morgan fingerprint density at radius 2 is 2.04 bits per heavy atom. The smallest absolute Gasteiger partial charge is 0.265 e. The van der Waals surface area contributed by atoms with Crippen molar-refractivity contribution < 1.29 is 9.53 Å². The quantitative estimate of drug-likeness (QED) is 0.458. The van der Waals surface area contributed by atoms with Crippen molar-refractivity contribution in [3.8, 4) is 5.75 Å². The topological polar surface area (TPSA) is 66.0 Å². The average molecular weight is 373 g/mol. The normalized spacial score (nSPS) is 22.8. The molecule has 0 saturated heterocycles. The van der Waals surface area contributed by atoms with Crippen LogP contribution in [0.15, 0.2) is 29.3 Å². The van der Waals surface area contributed by atoms with Gasteiger partial charge in [-0.05, 0) is 57.1 Å². The fourth-order valence-electron chi connectivity index (χ4n) is 3.74. The summed E-state index contributed by atoms with van der Waals surface area (Å²) in [5, 5.41) is 6.92. The van der Waals surface area contributed by atoms with Gasteiger partial charge in [-0.3, -0.25) is 9.79 Å². The minimum absolute atomic E-state index is 0.0130. The second-order valence-corrected chi connectivity index (χ2v) is 7.52. The molecule has 1 aromatic carbocycles. The molecule has 1 fully saturated rings. The Morgan fingerprint density at radius 3 is 2.81 bits per heavy atom. The van der Waals surface area contributed by atoms with E-state index in [1.54, 1.807) is 0 Å². The first-order chi connectivity index (χ1) is 13.2. The highest BCUT2D eigenvalue weighted by Crippen LogP contribution is 2.31. The lowest BCUT2D eigenvalue weighted by atomic mass is 9.87. The number of amides is 1. The maximum Gasteiger partial charge on any atom is 0.265 e. The third kappa shape index (κ3) is 5.37. The van der Waals surface area contributed by atoms with Gasteiger partial charge in [-0.15, -0.1) is 0 Å². The van der Waals surface area contributed by atoms with Crippen LogP contribution in [0.1, 0.15) is 46.0 Å². The summed E-state index contributed by atoms with van der Waals surface area (Å²) in [6, 6.07) is 8.23. The molecule has 6 nitrogen and oxygen atoms in total. The predicted molar refractivity (Wildman–Crippen MR) is 109 cm³/mol. The number of benzene rings is 1. The van der Waals surface area contributed by atoms with E-state index >= 15 is 0 Å². The Labute approximate surface area is 162 Å². The zero-order valence-corrected chi connectivity index (χ0v) is 16.5. The van der Waals surface area contributed by atoms with Crippen LogP contribution in [0, 0.1) is 5.92 Å². The van der Waals surface area contributed by atoms with Gasteiger partial charge in [0, 0.05) is 25.7 Å². The van der Waals surface area contributed by atoms with Crippen LogP contribution in [0.3, 0.4) is 0 Å². The van der Waals surface area contributed by atoms with Crippen molar-refractivity contribution in [1.29, 1.82) is 0 Å². The van der Waals surface area contributed by atoms with Gasteiger partial charge in [0.05, 0.1) is 5.69 Å². The number of guanidine groups is 1. The molecular weight excluding hydrogens is 340 g/mol. The number of carbonyl (C=O) groups is 1. The summed E-state index contributed by atoms with van der Waals surface area (Å²) < 4.78 is 5.50. The molecule has 0 aromatic heterocycles. The van der Waals surface area contributed by atoms with Gasteiger partial charge in [0.15, 0.2) is 12.6 Å². The molecular formula is C21H32N4O2. The Kier molecular flexibility index (Phi) is 6.96. The number of rotatable bonds is 6. The van der Waals surface area contributed by atoms with Gasteiger partial charge < -0.3 is 20.3 Å². The maximum absolute atomic E-state index is 12.2. The highest BCUT2D eigenvalue weighted by atomic mass is 16.5. The molecule has 1 aliphatic carbocycles. The molecule has 1 heterocycles. The monoisotopic (exact) mass is 372 g/mol. The zero-order chi connectivity index (χ0) is 19.1. The number of fused-ring (bicyclic) bond motifs is 1. The summed E-state index contributed by atoms with van der Waals surface area (Å²) in [4.78, 5) is 18.8. The number of para-hydroxylation sites is 2. The summed E-state index contributed by atoms with van der Waals surface area (Å²) in [5.41, 5.74) is 0.860. The first-order valence-corrected chi connectivity index (χ1v) is 10.2. The molecule has 0 atom stereocenters. The lowest BCUT2D eigenvalue weighted by Gasteiger charge is -2.29. The van der Waals surface area contributed by atoms with Crippen molar-refractivity contribution >= 4 is 17.6 Å². The van der Waals surface area contributed by atoms with Crippen LogP contribution in [0.25, 0.3) is 0 Å². The van der Waals surface area contributed by atoms with E-state index in [1.807, 2.05) is 29.2 Å². The Morgan fingerprint density at radius 1 is 1.26 bits per heavy atom. The number of ether oxygens (including phenoxy) is 1. The van der Waals surface area contributed by atoms with Gasteiger partial charge >= 0.3 is 0 Å². The van der Waals surface area contributed by atoms with Gasteiger partial charge in [-0.25, -0.2) is 0 Å². The Bertz CT molecular complexity index is 653. The fourth-order valence-corrected chi connectivity index (χ4v) is 3.74. The SMILES string of the molecule is CCNC(=NCCCN1C(=O)COc2ccccc21)NC1CCC(C)CC1. The standard InChI is InChI=1S/C21H32N4O2/c1-3-22-21(24-17-11-9-16(2)10-12-17)23-13-6-14-25-18-7-4-5-8-19(18)27-15-20(25)26/h4-5,7-8,16-17H,3,6,9-15H2,1-2H3,(H2,22,23,24). The number of nitrogens with zero attached hydrogens (tertiary/aromatic N) is 2. The van der Waals surface area contributed by atoms with E-state index < -0.39 is 0 Å². The molecule has 2 aliphatic rings. The largest absolute Gasteiger partial charge is 0.482 e. The Hall–Kier alpha value is -2.24.